The summed E-state index contributed by atoms with van der Waals surface area (Å²) >= 11 is 0. The summed E-state index contributed by atoms with van der Waals surface area (Å²) in [7, 11) is 1.59. The summed E-state index contributed by atoms with van der Waals surface area (Å²) in [5.41, 5.74) is 6.34. The molecular formula is C14H23N3O. The van der Waals surface area contributed by atoms with Crippen molar-refractivity contribution in [3.05, 3.63) is 12.1 Å². The number of nitrogen functional groups attached to an aromatic ring is 1. The topological polar surface area (TPSA) is 60.2 Å². The van der Waals surface area contributed by atoms with Crippen LogP contribution in [0.2, 0.25) is 0 Å². The van der Waals surface area contributed by atoms with Gasteiger partial charge in [0.15, 0.2) is 0 Å². The highest BCUT2D eigenvalue weighted by molar-refractivity contribution is 5.53. The van der Waals surface area contributed by atoms with Crippen molar-refractivity contribution >= 4 is 11.5 Å². The lowest BCUT2D eigenvalue weighted by molar-refractivity contribution is 0.389. The van der Waals surface area contributed by atoms with Crippen LogP contribution >= 0.6 is 0 Å². The average molecular weight is 249 g/mol. The number of anilines is 2. The lowest BCUT2D eigenvalue weighted by Crippen LogP contribution is -2.25. The number of rotatable bonds is 4. The first-order valence-electron chi connectivity index (χ1n) is 6.72. The Kier molecular flexibility index (Phi) is 3.94. The molecule has 0 saturated heterocycles. The Hall–Kier alpha value is -1.45. The smallest absolute Gasteiger partial charge is 0.238 e. The molecule has 4 heteroatoms. The highest BCUT2D eigenvalue weighted by Crippen LogP contribution is 2.35. The zero-order valence-corrected chi connectivity index (χ0v) is 11.4. The molecule has 0 aromatic carbocycles. The summed E-state index contributed by atoms with van der Waals surface area (Å²) < 4.78 is 5.14. The van der Waals surface area contributed by atoms with E-state index in [0.29, 0.717) is 23.5 Å². The Labute approximate surface area is 109 Å². The Balaban J connectivity index is 2.06. The van der Waals surface area contributed by atoms with Crippen LogP contribution in [-0.2, 0) is 0 Å². The van der Waals surface area contributed by atoms with E-state index in [1.165, 1.54) is 19.3 Å². The monoisotopic (exact) mass is 249 g/mol. The number of aromatic nitrogens is 1. The van der Waals surface area contributed by atoms with Crippen molar-refractivity contribution in [2.75, 3.05) is 18.2 Å². The Morgan fingerprint density at radius 1 is 1.44 bits per heavy atom. The van der Waals surface area contributed by atoms with Gasteiger partial charge < -0.3 is 15.8 Å². The number of hydrogen-bond donors (Lipinski definition) is 2. The third kappa shape index (κ3) is 2.52. The molecule has 1 aliphatic rings. The van der Waals surface area contributed by atoms with Crippen molar-refractivity contribution in [2.24, 2.45) is 11.8 Å². The van der Waals surface area contributed by atoms with Crippen LogP contribution in [0.25, 0.3) is 0 Å². The summed E-state index contributed by atoms with van der Waals surface area (Å²) in [6, 6.07) is 4.27. The molecule has 4 nitrogen and oxygen atoms in total. The average Bonchev–Trinajstić information content (AvgIpc) is 2.73. The van der Waals surface area contributed by atoms with Crippen molar-refractivity contribution in [3.8, 4) is 5.88 Å². The van der Waals surface area contributed by atoms with E-state index in [1.807, 2.05) is 12.1 Å². The molecule has 100 valence electrons. The molecule has 0 aliphatic heterocycles. The third-order valence-corrected chi connectivity index (χ3v) is 4.17. The number of pyridine rings is 1. The van der Waals surface area contributed by atoms with E-state index in [2.05, 4.69) is 24.1 Å². The molecule has 18 heavy (non-hydrogen) atoms. The zero-order chi connectivity index (χ0) is 13.1. The second-order valence-electron chi connectivity index (χ2n) is 5.15. The van der Waals surface area contributed by atoms with Gasteiger partial charge in [0, 0.05) is 6.04 Å². The molecule has 1 saturated carbocycles. The van der Waals surface area contributed by atoms with Crippen LogP contribution < -0.4 is 15.8 Å². The van der Waals surface area contributed by atoms with Gasteiger partial charge in [-0.05, 0) is 36.8 Å². The normalized spacial score (nSPS) is 27.2. The van der Waals surface area contributed by atoms with Gasteiger partial charge in [0.05, 0.1) is 12.8 Å². The minimum Gasteiger partial charge on any atom is -0.479 e. The van der Waals surface area contributed by atoms with Gasteiger partial charge in [-0.1, -0.05) is 20.3 Å². The molecule has 1 aromatic heterocycles. The van der Waals surface area contributed by atoms with E-state index < -0.39 is 0 Å². The van der Waals surface area contributed by atoms with Crippen molar-refractivity contribution in [3.63, 3.8) is 0 Å². The largest absolute Gasteiger partial charge is 0.479 e. The van der Waals surface area contributed by atoms with Gasteiger partial charge in [-0.25, -0.2) is 0 Å². The molecule has 0 bridgehead atoms. The first kappa shape index (κ1) is 13.0. The fourth-order valence-corrected chi connectivity index (χ4v) is 2.91. The Bertz CT molecular complexity index is 408. The zero-order valence-electron chi connectivity index (χ0n) is 11.4. The van der Waals surface area contributed by atoms with Crippen molar-refractivity contribution in [1.82, 2.24) is 4.98 Å². The molecule has 3 unspecified atom stereocenters. The Morgan fingerprint density at radius 3 is 2.83 bits per heavy atom. The lowest BCUT2D eigenvalue weighted by Gasteiger charge is -2.21. The van der Waals surface area contributed by atoms with Crippen molar-refractivity contribution in [1.29, 1.82) is 0 Å². The standard InChI is InChI=1S/C14H23N3O/c1-4-10-5-7-12(9(10)2)16-13-8-6-11(15)14(17-13)18-3/h6,8-10,12H,4-5,7,15H2,1-3H3,(H,16,17). The number of nitrogens with zero attached hydrogens (tertiary/aromatic N) is 1. The van der Waals surface area contributed by atoms with Crippen LogP contribution in [-0.4, -0.2) is 18.1 Å². The van der Waals surface area contributed by atoms with E-state index in [9.17, 15) is 0 Å². The minimum atomic E-state index is 0.498. The molecule has 1 fully saturated rings. The van der Waals surface area contributed by atoms with Gasteiger partial charge in [0.25, 0.3) is 0 Å². The molecule has 1 aliphatic carbocycles. The number of nitrogens with one attached hydrogen (secondary N) is 1. The predicted octanol–water partition coefficient (Wildman–Crippen LogP) is 2.91. The van der Waals surface area contributed by atoms with Crippen LogP contribution in [0.4, 0.5) is 11.5 Å². The second kappa shape index (κ2) is 5.46. The quantitative estimate of drug-likeness (QED) is 0.861. The summed E-state index contributed by atoms with van der Waals surface area (Å²) in [5.74, 6) is 2.88. The first-order chi connectivity index (χ1) is 8.65. The highest BCUT2D eigenvalue weighted by Gasteiger charge is 2.31. The molecule has 2 rings (SSSR count). The molecule has 3 N–H and O–H groups in total. The number of hydrogen-bond acceptors (Lipinski definition) is 4. The number of ether oxygens (including phenoxy) is 1. The second-order valence-corrected chi connectivity index (χ2v) is 5.15. The summed E-state index contributed by atoms with van der Waals surface area (Å²) in [4.78, 5) is 4.38. The highest BCUT2D eigenvalue weighted by atomic mass is 16.5. The molecular weight excluding hydrogens is 226 g/mol. The van der Waals surface area contributed by atoms with Crippen LogP contribution in [0.1, 0.15) is 33.1 Å². The third-order valence-electron chi connectivity index (χ3n) is 4.17. The maximum atomic E-state index is 5.76. The number of nitrogens with two attached hydrogens (primary N) is 1. The molecule has 3 atom stereocenters. The van der Waals surface area contributed by atoms with Gasteiger partial charge >= 0.3 is 0 Å². The van der Waals surface area contributed by atoms with Gasteiger partial charge in [0.2, 0.25) is 5.88 Å². The molecule has 0 spiro atoms. The van der Waals surface area contributed by atoms with E-state index in [1.54, 1.807) is 7.11 Å². The van der Waals surface area contributed by atoms with Crippen LogP contribution in [0.3, 0.4) is 0 Å². The summed E-state index contributed by atoms with van der Waals surface area (Å²) in [6.07, 6.45) is 3.79. The van der Waals surface area contributed by atoms with Crippen molar-refractivity contribution < 1.29 is 4.74 Å². The molecule has 1 aromatic rings. The maximum Gasteiger partial charge on any atom is 0.238 e. The molecule has 0 radical (unpaired) electrons. The van der Waals surface area contributed by atoms with E-state index in [4.69, 9.17) is 10.5 Å². The minimum absolute atomic E-state index is 0.498. The lowest BCUT2D eigenvalue weighted by atomic mass is 9.93. The maximum absolute atomic E-state index is 5.76. The fraction of sp³-hybridized carbons (Fsp3) is 0.643. The Morgan fingerprint density at radius 2 is 2.22 bits per heavy atom. The summed E-state index contributed by atoms with van der Waals surface area (Å²) in [6.45, 7) is 4.60. The van der Waals surface area contributed by atoms with E-state index in [-0.39, 0.29) is 0 Å². The first-order valence-corrected chi connectivity index (χ1v) is 6.72. The fourth-order valence-electron chi connectivity index (χ4n) is 2.91. The summed E-state index contributed by atoms with van der Waals surface area (Å²) in [5, 5.41) is 3.51. The van der Waals surface area contributed by atoms with Gasteiger partial charge in [-0.15, -0.1) is 0 Å². The van der Waals surface area contributed by atoms with Crippen LogP contribution in [0, 0.1) is 11.8 Å². The number of methoxy groups -OCH3 is 1. The predicted molar refractivity (Wildman–Crippen MR) is 74.8 cm³/mol. The molecule has 1 heterocycles. The van der Waals surface area contributed by atoms with Gasteiger partial charge in [-0.2, -0.15) is 4.98 Å². The van der Waals surface area contributed by atoms with Crippen LogP contribution in [0.15, 0.2) is 12.1 Å². The van der Waals surface area contributed by atoms with Gasteiger partial charge in [-0.3, -0.25) is 0 Å². The SMILES string of the molecule is CCC1CCC(Nc2ccc(N)c(OC)n2)C1C. The molecule has 0 amide bonds. The van der Waals surface area contributed by atoms with Gasteiger partial charge in [0.1, 0.15) is 5.82 Å². The van der Waals surface area contributed by atoms with E-state index >= 15 is 0 Å². The van der Waals surface area contributed by atoms with Crippen LogP contribution in [0.5, 0.6) is 5.88 Å². The van der Waals surface area contributed by atoms with Crippen molar-refractivity contribution in [2.45, 2.75) is 39.2 Å². The van der Waals surface area contributed by atoms with E-state index in [0.717, 1.165) is 11.7 Å².